The lowest BCUT2D eigenvalue weighted by molar-refractivity contribution is 0.0696. The van der Waals surface area contributed by atoms with E-state index in [9.17, 15) is 19.8 Å². The zero-order valence-corrected chi connectivity index (χ0v) is 11.3. The molecule has 0 saturated heterocycles. The summed E-state index contributed by atoms with van der Waals surface area (Å²) >= 11 is 5.88. The number of benzene rings is 2. The van der Waals surface area contributed by atoms with Gasteiger partial charge in [0.25, 0.3) is 5.91 Å². The van der Waals surface area contributed by atoms with Gasteiger partial charge in [-0.2, -0.15) is 0 Å². The lowest BCUT2D eigenvalue weighted by Gasteiger charge is -2.10. The number of aromatic hydroxyl groups is 2. The lowest BCUT2D eigenvalue weighted by Crippen LogP contribution is -2.13. The van der Waals surface area contributed by atoms with Crippen molar-refractivity contribution in [1.29, 1.82) is 0 Å². The normalized spacial score (nSPS) is 10.1. The van der Waals surface area contributed by atoms with E-state index in [-0.39, 0.29) is 33.3 Å². The number of anilines is 1. The van der Waals surface area contributed by atoms with E-state index in [4.69, 9.17) is 16.7 Å². The van der Waals surface area contributed by atoms with Crippen molar-refractivity contribution in [2.45, 2.75) is 0 Å². The Kier molecular flexibility index (Phi) is 4.00. The van der Waals surface area contributed by atoms with E-state index in [0.717, 1.165) is 0 Å². The second-order valence-corrected chi connectivity index (χ2v) is 4.53. The first-order chi connectivity index (χ1) is 9.90. The zero-order chi connectivity index (χ0) is 15.6. The number of hydrogen-bond donors (Lipinski definition) is 4. The minimum absolute atomic E-state index is 0.0246. The van der Waals surface area contributed by atoms with Crippen LogP contribution in [0.1, 0.15) is 20.7 Å². The number of hydrogen-bond acceptors (Lipinski definition) is 4. The van der Waals surface area contributed by atoms with Gasteiger partial charge in [0.15, 0.2) is 0 Å². The molecule has 0 aliphatic heterocycles. The highest BCUT2D eigenvalue weighted by molar-refractivity contribution is 6.34. The largest absolute Gasteiger partial charge is 0.507 e. The molecule has 2 rings (SSSR count). The molecule has 108 valence electrons. The average molecular weight is 308 g/mol. The summed E-state index contributed by atoms with van der Waals surface area (Å²) in [4.78, 5) is 22.8. The van der Waals surface area contributed by atoms with Crippen LogP contribution in [0.3, 0.4) is 0 Å². The van der Waals surface area contributed by atoms with Crippen molar-refractivity contribution in [2.75, 3.05) is 5.32 Å². The van der Waals surface area contributed by atoms with Gasteiger partial charge in [-0.1, -0.05) is 17.7 Å². The highest BCUT2D eigenvalue weighted by atomic mass is 35.5. The standard InChI is InChI=1S/C14H10ClNO5/c15-8-6-7(14(20)21)4-5-9(8)16-13(19)12-10(17)2-1-3-11(12)18/h1-6,17-18H,(H,16,19)(H,20,21). The Morgan fingerprint density at radius 1 is 1.05 bits per heavy atom. The van der Waals surface area contributed by atoms with Gasteiger partial charge < -0.3 is 20.6 Å². The minimum atomic E-state index is -1.15. The van der Waals surface area contributed by atoms with Crippen LogP contribution in [0.2, 0.25) is 5.02 Å². The molecule has 0 aromatic heterocycles. The fourth-order valence-electron chi connectivity index (χ4n) is 1.70. The third-order valence-corrected chi connectivity index (χ3v) is 3.02. The first kappa shape index (κ1) is 14.7. The maximum absolute atomic E-state index is 12.0. The van der Waals surface area contributed by atoms with Crippen LogP contribution in [-0.4, -0.2) is 27.2 Å². The molecule has 0 aliphatic carbocycles. The highest BCUT2D eigenvalue weighted by Crippen LogP contribution is 2.29. The van der Waals surface area contributed by atoms with Gasteiger partial charge in [-0.15, -0.1) is 0 Å². The van der Waals surface area contributed by atoms with Crippen LogP contribution >= 0.6 is 11.6 Å². The second kappa shape index (κ2) is 5.72. The number of carbonyl (C=O) groups is 2. The molecule has 4 N–H and O–H groups in total. The number of carbonyl (C=O) groups excluding carboxylic acids is 1. The van der Waals surface area contributed by atoms with Crippen LogP contribution in [0.4, 0.5) is 5.69 Å². The van der Waals surface area contributed by atoms with Crippen LogP contribution in [-0.2, 0) is 0 Å². The molecule has 2 aromatic rings. The molecule has 1 amide bonds. The Morgan fingerprint density at radius 3 is 2.19 bits per heavy atom. The van der Waals surface area contributed by atoms with Gasteiger partial charge in [0.2, 0.25) is 0 Å². The van der Waals surface area contributed by atoms with Crippen molar-refractivity contribution in [2.24, 2.45) is 0 Å². The third kappa shape index (κ3) is 3.06. The van der Waals surface area contributed by atoms with Crippen molar-refractivity contribution >= 4 is 29.2 Å². The van der Waals surface area contributed by atoms with Crippen LogP contribution in [0.15, 0.2) is 36.4 Å². The van der Waals surface area contributed by atoms with Crippen molar-refractivity contribution < 1.29 is 24.9 Å². The smallest absolute Gasteiger partial charge is 0.335 e. The van der Waals surface area contributed by atoms with E-state index in [2.05, 4.69) is 5.32 Å². The number of aromatic carboxylic acids is 1. The molecule has 0 fully saturated rings. The Bertz CT molecular complexity index is 709. The fraction of sp³-hybridized carbons (Fsp3) is 0. The SMILES string of the molecule is O=C(O)c1ccc(NC(=O)c2c(O)cccc2O)c(Cl)c1. The molecule has 0 radical (unpaired) electrons. The minimum Gasteiger partial charge on any atom is -0.507 e. The van der Waals surface area contributed by atoms with Gasteiger partial charge in [-0.3, -0.25) is 4.79 Å². The molecular weight excluding hydrogens is 298 g/mol. The molecule has 6 nitrogen and oxygen atoms in total. The molecule has 21 heavy (non-hydrogen) atoms. The number of rotatable bonds is 3. The summed E-state index contributed by atoms with van der Waals surface area (Å²) in [5.74, 6) is -2.68. The van der Waals surface area contributed by atoms with Gasteiger partial charge in [-0.05, 0) is 30.3 Å². The van der Waals surface area contributed by atoms with Gasteiger partial charge in [0.1, 0.15) is 17.1 Å². The van der Waals surface area contributed by atoms with E-state index in [1.807, 2.05) is 0 Å². The summed E-state index contributed by atoms with van der Waals surface area (Å²) in [5, 5.41) is 30.4. The third-order valence-electron chi connectivity index (χ3n) is 2.71. The van der Waals surface area contributed by atoms with Crippen molar-refractivity contribution in [1.82, 2.24) is 0 Å². The number of nitrogens with one attached hydrogen (secondary N) is 1. The second-order valence-electron chi connectivity index (χ2n) is 4.13. The Morgan fingerprint density at radius 2 is 1.67 bits per heavy atom. The van der Waals surface area contributed by atoms with Gasteiger partial charge in [-0.25, -0.2) is 4.79 Å². The van der Waals surface area contributed by atoms with Gasteiger partial charge >= 0.3 is 5.97 Å². The quantitative estimate of drug-likeness (QED) is 0.697. The predicted molar refractivity (Wildman–Crippen MR) is 76.1 cm³/mol. The number of carboxylic acid groups (broad SMARTS) is 1. The van der Waals surface area contributed by atoms with Crippen LogP contribution in [0.25, 0.3) is 0 Å². The lowest BCUT2D eigenvalue weighted by atomic mass is 10.1. The summed E-state index contributed by atoms with van der Waals surface area (Å²) in [6.07, 6.45) is 0. The Labute approximate surface area is 124 Å². The van der Waals surface area contributed by atoms with Crippen molar-refractivity contribution in [3.8, 4) is 11.5 Å². The monoisotopic (exact) mass is 307 g/mol. The summed E-state index contributed by atoms with van der Waals surface area (Å²) in [7, 11) is 0. The Balaban J connectivity index is 2.30. The van der Waals surface area contributed by atoms with Crippen molar-refractivity contribution in [3.63, 3.8) is 0 Å². The summed E-state index contributed by atoms with van der Waals surface area (Å²) in [5.41, 5.74) is -0.159. The number of halogens is 1. The van der Waals surface area contributed by atoms with E-state index >= 15 is 0 Å². The molecule has 0 unspecified atom stereocenters. The number of carboxylic acids is 1. The molecule has 0 heterocycles. The molecule has 0 atom stereocenters. The first-order valence-electron chi connectivity index (χ1n) is 5.75. The number of phenolic OH excluding ortho intramolecular Hbond substituents is 2. The maximum atomic E-state index is 12.0. The van der Waals surface area contributed by atoms with E-state index in [1.54, 1.807) is 0 Å². The topological polar surface area (TPSA) is 107 Å². The number of phenols is 2. The van der Waals surface area contributed by atoms with Crippen LogP contribution in [0, 0.1) is 0 Å². The average Bonchev–Trinajstić information content (AvgIpc) is 2.40. The number of amides is 1. The van der Waals surface area contributed by atoms with Gasteiger partial charge in [0, 0.05) is 0 Å². The molecule has 7 heteroatoms. The Hall–Kier alpha value is -2.73. The molecular formula is C14H10ClNO5. The van der Waals surface area contributed by atoms with E-state index in [1.165, 1.54) is 36.4 Å². The predicted octanol–water partition coefficient (Wildman–Crippen LogP) is 2.70. The molecule has 0 aliphatic rings. The molecule has 0 spiro atoms. The van der Waals surface area contributed by atoms with Crippen LogP contribution < -0.4 is 5.32 Å². The van der Waals surface area contributed by atoms with Crippen LogP contribution in [0.5, 0.6) is 11.5 Å². The molecule has 0 saturated carbocycles. The summed E-state index contributed by atoms with van der Waals surface area (Å²) in [6.45, 7) is 0. The first-order valence-corrected chi connectivity index (χ1v) is 6.13. The van der Waals surface area contributed by atoms with Crippen molar-refractivity contribution in [3.05, 3.63) is 52.5 Å². The van der Waals surface area contributed by atoms with Gasteiger partial charge in [0.05, 0.1) is 16.3 Å². The molecule has 2 aromatic carbocycles. The van der Waals surface area contributed by atoms with E-state index < -0.39 is 11.9 Å². The summed E-state index contributed by atoms with van der Waals surface area (Å²) in [6, 6.07) is 7.67. The maximum Gasteiger partial charge on any atom is 0.335 e. The molecule has 0 bridgehead atoms. The fourth-order valence-corrected chi connectivity index (χ4v) is 1.92. The highest BCUT2D eigenvalue weighted by Gasteiger charge is 2.17. The zero-order valence-electron chi connectivity index (χ0n) is 10.5. The summed E-state index contributed by atoms with van der Waals surface area (Å²) < 4.78 is 0. The van der Waals surface area contributed by atoms with E-state index in [0.29, 0.717) is 0 Å².